The van der Waals surface area contributed by atoms with E-state index in [4.69, 9.17) is 8.94 Å². The zero-order valence-corrected chi connectivity index (χ0v) is 20.6. The Hall–Kier alpha value is -3.46. The second kappa shape index (κ2) is 11.3. The molecular weight excluding hydrogens is 446 g/mol. The van der Waals surface area contributed by atoms with Gasteiger partial charge in [0.1, 0.15) is 6.04 Å². The molecule has 1 aliphatic heterocycles. The Morgan fingerprint density at radius 3 is 2.49 bits per heavy atom. The van der Waals surface area contributed by atoms with Gasteiger partial charge in [-0.3, -0.25) is 14.5 Å². The van der Waals surface area contributed by atoms with Crippen LogP contribution in [0.2, 0.25) is 0 Å². The summed E-state index contributed by atoms with van der Waals surface area (Å²) in [5.74, 6) is 1.02. The van der Waals surface area contributed by atoms with Gasteiger partial charge in [0.25, 0.3) is 5.91 Å². The number of hydrogen-bond acceptors (Lipinski definition) is 7. The minimum Gasteiger partial charge on any atom is -0.459 e. The Morgan fingerprint density at radius 1 is 1.09 bits per heavy atom. The average Bonchev–Trinajstić information content (AvgIpc) is 3.56. The van der Waals surface area contributed by atoms with Crippen molar-refractivity contribution in [2.75, 3.05) is 32.7 Å². The molecule has 1 saturated heterocycles. The van der Waals surface area contributed by atoms with Gasteiger partial charge in [-0.05, 0) is 37.9 Å². The molecule has 1 atom stereocenters. The number of carbonyl (C=O) groups is 2. The monoisotopic (exact) mass is 479 g/mol. The van der Waals surface area contributed by atoms with E-state index in [1.807, 2.05) is 49.9 Å². The zero-order valence-electron chi connectivity index (χ0n) is 20.6. The molecule has 9 nitrogen and oxygen atoms in total. The number of nitrogens with zero attached hydrogens (tertiary/aromatic N) is 4. The van der Waals surface area contributed by atoms with Crippen molar-refractivity contribution in [1.82, 2.24) is 25.3 Å². The van der Waals surface area contributed by atoms with Crippen molar-refractivity contribution in [3.8, 4) is 11.4 Å². The number of piperazine rings is 1. The van der Waals surface area contributed by atoms with Crippen LogP contribution < -0.4 is 5.32 Å². The summed E-state index contributed by atoms with van der Waals surface area (Å²) in [5.41, 5.74) is 2.14. The molecule has 35 heavy (non-hydrogen) atoms. The Kier molecular flexibility index (Phi) is 7.97. The number of amides is 2. The Labute approximate surface area is 205 Å². The van der Waals surface area contributed by atoms with E-state index in [2.05, 4.69) is 20.4 Å². The molecule has 186 valence electrons. The predicted molar refractivity (Wildman–Crippen MR) is 131 cm³/mol. The van der Waals surface area contributed by atoms with Gasteiger partial charge in [-0.2, -0.15) is 4.98 Å². The first-order chi connectivity index (χ1) is 16.9. The van der Waals surface area contributed by atoms with E-state index in [1.54, 1.807) is 12.1 Å². The molecule has 3 aromatic rings. The number of benzene rings is 1. The van der Waals surface area contributed by atoms with Crippen molar-refractivity contribution >= 4 is 11.8 Å². The molecule has 1 unspecified atom stereocenters. The normalized spacial score (nSPS) is 15.4. The van der Waals surface area contributed by atoms with Crippen LogP contribution in [-0.2, 0) is 11.2 Å². The molecule has 4 rings (SSSR count). The first kappa shape index (κ1) is 24.7. The van der Waals surface area contributed by atoms with Gasteiger partial charge in [0.05, 0.1) is 6.26 Å². The van der Waals surface area contributed by atoms with Crippen LogP contribution in [0.4, 0.5) is 0 Å². The van der Waals surface area contributed by atoms with E-state index in [0.717, 1.165) is 31.6 Å². The maximum atomic E-state index is 13.1. The quantitative estimate of drug-likeness (QED) is 0.503. The van der Waals surface area contributed by atoms with Gasteiger partial charge >= 0.3 is 0 Å². The number of aromatic nitrogens is 2. The fourth-order valence-electron chi connectivity index (χ4n) is 4.15. The third-order valence-corrected chi connectivity index (χ3v) is 6.29. The molecule has 0 bridgehead atoms. The SMILES string of the molecule is Cc1ccc(-c2noc(CCCN3CCN(C(=O)C(NC(=O)c4ccco4)C(C)C)CC3)n2)cc1. The van der Waals surface area contributed by atoms with Gasteiger partial charge in [0.2, 0.25) is 17.6 Å². The van der Waals surface area contributed by atoms with Crippen LogP contribution in [0.25, 0.3) is 11.4 Å². The molecule has 0 radical (unpaired) electrons. The van der Waals surface area contributed by atoms with E-state index < -0.39 is 6.04 Å². The fraction of sp³-hybridized carbons (Fsp3) is 0.462. The Morgan fingerprint density at radius 2 is 1.83 bits per heavy atom. The minimum atomic E-state index is -0.584. The second-order valence-corrected chi connectivity index (χ2v) is 9.32. The van der Waals surface area contributed by atoms with Gasteiger partial charge in [0.15, 0.2) is 5.76 Å². The van der Waals surface area contributed by atoms with Gasteiger partial charge < -0.3 is 19.2 Å². The van der Waals surface area contributed by atoms with Crippen molar-refractivity contribution in [1.29, 1.82) is 0 Å². The maximum Gasteiger partial charge on any atom is 0.287 e. The van der Waals surface area contributed by atoms with Crippen LogP contribution in [0.15, 0.2) is 51.6 Å². The van der Waals surface area contributed by atoms with E-state index in [9.17, 15) is 9.59 Å². The van der Waals surface area contributed by atoms with Crippen LogP contribution in [0.1, 0.15) is 42.3 Å². The van der Waals surface area contributed by atoms with E-state index in [0.29, 0.717) is 31.2 Å². The highest BCUT2D eigenvalue weighted by Crippen LogP contribution is 2.17. The van der Waals surface area contributed by atoms with Crippen LogP contribution in [0.5, 0.6) is 0 Å². The van der Waals surface area contributed by atoms with Crippen molar-refractivity contribution in [3.05, 3.63) is 59.9 Å². The lowest BCUT2D eigenvalue weighted by molar-refractivity contribution is -0.136. The third kappa shape index (κ3) is 6.36. The molecule has 2 aromatic heterocycles. The summed E-state index contributed by atoms with van der Waals surface area (Å²) in [7, 11) is 0. The van der Waals surface area contributed by atoms with Gasteiger partial charge in [-0.25, -0.2) is 0 Å². The number of nitrogens with one attached hydrogen (secondary N) is 1. The Bertz CT molecular complexity index is 1100. The summed E-state index contributed by atoms with van der Waals surface area (Å²) in [4.78, 5) is 34.2. The number of carbonyl (C=O) groups excluding carboxylic acids is 2. The van der Waals surface area contributed by atoms with Crippen LogP contribution in [-0.4, -0.2) is 70.5 Å². The molecule has 3 heterocycles. The molecular formula is C26H33N5O4. The zero-order chi connectivity index (χ0) is 24.8. The predicted octanol–water partition coefficient (Wildman–Crippen LogP) is 3.17. The molecule has 1 N–H and O–H groups in total. The summed E-state index contributed by atoms with van der Waals surface area (Å²) < 4.78 is 10.6. The number of aryl methyl sites for hydroxylation is 2. The summed E-state index contributed by atoms with van der Waals surface area (Å²) >= 11 is 0. The lowest BCUT2D eigenvalue weighted by Gasteiger charge is -2.37. The van der Waals surface area contributed by atoms with Crippen LogP contribution in [0, 0.1) is 12.8 Å². The maximum absolute atomic E-state index is 13.1. The summed E-state index contributed by atoms with van der Waals surface area (Å²) in [6.07, 6.45) is 3.06. The van der Waals surface area contributed by atoms with Crippen molar-refractivity contribution in [3.63, 3.8) is 0 Å². The molecule has 1 fully saturated rings. The second-order valence-electron chi connectivity index (χ2n) is 9.32. The van der Waals surface area contributed by atoms with Gasteiger partial charge in [0, 0.05) is 38.2 Å². The lowest BCUT2D eigenvalue weighted by atomic mass is 10.0. The van der Waals surface area contributed by atoms with E-state index >= 15 is 0 Å². The molecule has 2 amide bonds. The topological polar surface area (TPSA) is 105 Å². The first-order valence-corrected chi connectivity index (χ1v) is 12.2. The average molecular weight is 480 g/mol. The largest absolute Gasteiger partial charge is 0.459 e. The van der Waals surface area contributed by atoms with E-state index in [-0.39, 0.29) is 23.5 Å². The smallest absolute Gasteiger partial charge is 0.287 e. The molecule has 0 spiro atoms. The molecule has 0 saturated carbocycles. The summed E-state index contributed by atoms with van der Waals surface area (Å²) in [5, 5.41) is 6.93. The Balaban J connectivity index is 1.21. The fourth-order valence-corrected chi connectivity index (χ4v) is 4.15. The first-order valence-electron chi connectivity index (χ1n) is 12.2. The van der Waals surface area contributed by atoms with Gasteiger partial charge in [-0.15, -0.1) is 0 Å². The van der Waals surface area contributed by atoms with Crippen molar-refractivity contribution < 1.29 is 18.5 Å². The van der Waals surface area contributed by atoms with Crippen molar-refractivity contribution in [2.24, 2.45) is 5.92 Å². The van der Waals surface area contributed by atoms with E-state index in [1.165, 1.54) is 11.8 Å². The van der Waals surface area contributed by atoms with Gasteiger partial charge in [-0.1, -0.05) is 48.8 Å². The third-order valence-electron chi connectivity index (χ3n) is 6.29. The van der Waals surface area contributed by atoms with Crippen LogP contribution >= 0.6 is 0 Å². The highest BCUT2D eigenvalue weighted by atomic mass is 16.5. The summed E-state index contributed by atoms with van der Waals surface area (Å²) in [6.45, 7) is 9.67. The number of hydrogen-bond donors (Lipinski definition) is 1. The molecule has 1 aromatic carbocycles. The highest BCUT2D eigenvalue weighted by Gasteiger charge is 2.31. The molecule has 9 heteroatoms. The molecule has 0 aliphatic carbocycles. The standard InChI is InChI=1S/C26H33N5O4/c1-18(2)23(28-25(32)21-6-5-17-34-21)26(33)31-15-13-30(14-16-31)12-4-7-22-27-24(29-35-22)20-10-8-19(3)9-11-20/h5-6,8-11,17-18,23H,4,7,12-16H2,1-3H3,(H,28,32). The highest BCUT2D eigenvalue weighted by molar-refractivity contribution is 5.95. The van der Waals surface area contributed by atoms with Crippen LogP contribution in [0.3, 0.4) is 0 Å². The minimum absolute atomic E-state index is 0.0290. The lowest BCUT2D eigenvalue weighted by Crippen LogP contribution is -2.56. The summed E-state index contributed by atoms with van der Waals surface area (Å²) in [6, 6.07) is 10.7. The van der Waals surface area contributed by atoms with Crippen molar-refractivity contribution in [2.45, 2.75) is 39.7 Å². The molecule has 1 aliphatic rings. The number of furan rings is 1. The number of rotatable bonds is 9.